The van der Waals surface area contributed by atoms with Gasteiger partial charge in [-0.1, -0.05) is 31.2 Å². The highest BCUT2D eigenvalue weighted by molar-refractivity contribution is 6.39. The maximum atomic E-state index is 12.9. The predicted molar refractivity (Wildman–Crippen MR) is 109 cm³/mol. The fraction of sp³-hybridized carbons (Fsp3) is 0.182. The molecule has 2 aromatic carbocycles. The lowest BCUT2D eigenvalue weighted by atomic mass is 10.1. The van der Waals surface area contributed by atoms with E-state index >= 15 is 0 Å². The number of imide groups is 2. The van der Waals surface area contributed by atoms with Crippen LogP contribution in [-0.2, 0) is 20.8 Å². The number of carbonyl (C=O) groups is 4. The maximum Gasteiger partial charge on any atom is 0.344 e. The van der Waals surface area contributed by atoms with Crippen molar-refractivity contribution in [3.05, 3.63) is 65.2 Å². The molecule has 4 amide bonds. The third-order valence-electron chi connectivity index (χ3n) is 4.56. The van der Waals surface area contributed by atoms with E-state index in [1.165, 1.54) is 25.1 Å². The van der Waals surface area contributed by atoms with Gasteiger partial charge in [-0.15, -0.1) is 0 Å². The van der Waals surface area contributed by atoms with Crippen LogP contribution in [0.2, 0.25) is 0 Å². The first-order chi connectivity index (χ1) is 14.3. The summed E-state index contributed by atoms with van der Waals surface area (Å²) in [5.41, 5.74) is 1.73. The molecule has 0 aliphatic carbocycles. The fourth-order valence-corrected chi connectivity index (χ4v) is 2.84. The number of urea groups is 1. The Labute approximate surface area is 172 Å². The van der Waals surface area contributed by atoms with Gasteiger partial charge in [-0.3, -0.25) is 14.9 Å². The highest BCUT2D eigenvalue weighted by Gasteiger charge is 2.36. The molecule has 30 heavy (non-hydrogen) atoms. The van der Waals surface area contributed by atoms with Crippen molar-refractivity contribution in [2.45, 2.75) is 26.4 Å². The molecule has 0 aromatic heterocycles. The monoisotopic (exact) mass is 408 g/mol. The molecule has 3 rings (SSSR count). The normalized spacial score (nSPS) is 16.4. The van der Waals surface area contributed by atoms with Gasteiger partial charge in [0, 0.05) is 0 Å². The van der Waals surface area contributed by atoms with Gasteiger partial charge in [0.25, 0.3) is 11.8 Å². The third kappa shape index (κ3) is 4.38. The first-order valence-corrected chi connectivity index (χ1v) is 9.30. The lowest BCUT2D eigenvalue weighted by molar-refractivity contribution is -0.144. The highest BCUT2D eigenvalue weighted by atomic mass is 16.5. The molecule has 2 N–H and O–H groups in total. The van der Waals surface area contributed by atoms with E-state index < -0.39 is 29.9 Å². The zero-order chi connectivity index (χ0) is 21.8. The van der Waals surface area contributed by atoms with E-state index in [1.807, 2.05) is 19.1 Å². The zero-order valence-electron chi connectivity index (χ0n) is 16.4. The van der Waals surface area contributed by atoms with Gasteiger partial charge >= 0.3 is 12.0 Å². The number of ether oxygens (including phenoxy) is 1. The van der Waals surface area contributed by atoms with Crippen molar-refractivity contribution < 1.29 is 29.0 Å². The van der Waals surface area contributed by atoms with E-state index in [9.17, 15) is 19.2 Å². The molecule has 154 valence electrons. The zero-order valence-corrected chi connectivity index (χ0v) is 16.4. The minimum atomic E-state index is -1.10. The summed E-state index contributed by atoms with van der Waals surface area (Å²) in [4.78, 5) is 49.2. The van der Waals surface area contributed by atoms with Crippen LogP contribution in [0.15, 0.2) is 54.1 Å². The molecule has 8 heteroatoms. The van der Waals surface area contributed by atoms with Crippen LogP contribution in [0, 0.1) is 0 Å². The van der Waals surface area contributed by atoms with E-state index in [1.54, 1.807) is 24.3 Å². The molecule has 8 nitrogen and oxygen atoms in total. The minimum absolute atomic E-state index is 0.193. The Kier molecular flexibility index (Phi) is 5.96. The van der Waals surface area contributed by atoms with Gasteiger partial charge in [0.1, 0.15) is 11.3 Å². The molecule has 1 aliphatic rings. The van der Waals surface area contributed by atoms with Gasteiger partial charge in [0.15, 0.2) is 6.10 Å². The van der Waals surface area contributed by atoms with Crippen LogP contribution in [0.4, 0.5) is 10.5 Å². The lowest BCUT2D eigenvalue weighted by Crippen LogP contribution is -2.54. The van der Waals surface area contributed by atoms with E-state index in [4.69, 9.17) is 9.84 Å². The van der Waals surface area contributed by atoms with Gasteiger partial charge in [0.2, 0.25) is 0 Å². The van der Waals surface area contributed by atoms with Gasteiger partial charge in [0.05, 0.1) is 5.69 Å². The molecule has 1 fully saturated rings. The van der Waals surface area contributed by atoms with E-state index in [2.05, 4.69) is 5.32 Å². The lowest BCUT2D eigenvalue weighted by Gasteiger charge is -2.26. The molecule has 0 unspecified atom stereocenters. The predicted octanol–water partition coefficient (Wildman–Crippen LogP) is 2.77. The smallest absolute Gasteiger partial charge is 0.344 e. The number of anilines is 1. The molecule has 0 saturated carbocycles. The number of barbiturate groups is 1. The van der Waals surface area contributed by atoms with Crippen LogP contribution < -0.4 is 15.0 Å². The molecular formula is C22H20N2O6. The Morgan fingerprint density at radius 3 is 2.30 bits per heavy atom. The second-order valence-corrected chi connectivity index (χ2v) is 6.65. The number of hydrogen-bond acceptors (Lipinski definition) is 5. The van der Waals surface area contributed by atoms with Gasteiger partial charge in [-0.25, -0.2) is 14.5 Å². The SMILES string of the molecule is CCc1ccc(N2C(=O)NC(=O)/C(=C/c3ccc(O[C@H](C)C(=O)O)cc3)C2=O)cc1. The molecule has 2 aromatic rings. The maximum absolute atomic E-state index is 12.9. The van der Waals surface area contributed by atoms with Crippen molar-refractivity contribution in [1.82, 2.24) is 5.32 Å². The molecular weight excluding hydrogens is 388 g/mol. The molecule has 1 heterocycles. The molecule has 1 saturated heterocycles. The summed E-state index contributed by atoms with van der Waals surface area (Å²) in [6.45, 7) is 3.40. The topological polar surface area (TPSA) is 113 Å². The van der Waals surface area contributed by atoms with Crippen LogP contribution in [0.25, 0.3) is 6.08 Å². The average Bonchev–Trinajstić information content (AvgIpc) is 2.72. The fourth-order valence-electron chi connectivity index (χ4n) is 2.84. The Morgan fingerprint density at radius 2 is 1.73 bits per heavy atom. The number of carbonyl (C=O) groups excluding carboxylic acids is 3. The molecule has 0 bridgehead atoms. The van der Waals surface area contributed by atoms with Crippen molar-refractivity contribution in [2.24, 2.45) is 0 Å². The Morgan fingerprint density at radius 1 is 1.10 bits per heavy atom. The van der Waals surface area contributed by atoms with Gasteiger partial charge < -0.3 is 9.84 Å². The number of rotatable bonds is 6. The van der Waals surface area contributed by atoms with Crippen molar-refractivity contribution >= 4 is 35.6 Å². The standard InChI is InChI=1S/C22H20N2O6/c1-3-14-4-8-16(9-5-14)24-20(26)18(19(25)23-22(24)29)12-15-6-10-17(11-7-15)30-13(2)21(27)28/h4-13H,3H2,1-2H3,(H,27,28)(H,23,25,29)/b18-12-/t13-/m1/s1. The second-order valence-electron chi connectivity index (χ2n) is 6.65. The second kappa shape index (κ2) is 8.60. The number of benzene rings is 2. The van der Waals surface area contributed by atoms with Crippen LogP contribution in [-0.4, -0.2) is 35.0 Å². The van der Waals surface area contributed by atoms with Crippen molar-refractivity contribution in [1.29, 1.82) is 0 Å². The first-order valence-electron chi connectivity index (χ1n) is 9.30. The number of amides is 4. The molecule has 0 radical (unpaired) electrons. The summed E-state index contributed by atoms with van der Waals surface area (Å²) in [5, 5.41) is 11.1. The molecule has 1 aliphatic heterocycles. The quantitative estimate of drug-likeness (QED) is 0.561. The minimum Gasteiger partial charge on any atom is -0.479 e. The van der Waals surface area contributed by atoms with E-state index in [0.717, 1.165) is 16.9 Å². The molecule has 1 atom stereocenters. The first kappa shape index (κ1) is 20.8. The number of aryl methyl sites for hydroxylation is 1. The summed E-state index contributed by atoms with van der Waals surface area (Å²) in [5.74, 6) is -2.28. The number of nitrogens with zero attached hydrogens (tertiary/aromatic N) is 1. The number of hydrogen-bond donors (Lipinski definition) is 2. The Balaban J connectivity index is 1.85. The number of carboxylic acid groups (broad SMARTS) is 1. The highest BCUT2D eigenvalue weighted by Crippen LogP contribution is 2.23. The number of aliphatic carboxylic acids is 1. The van der Waals surface area contributed by atoms with Gasteiger partial charge in [-0.05, 0) is 54.8 Å². The third-order valence-corrected chi connectivity index (χ3v) is 4.56. The largest absolute Gasteiger partial charge is 0.479 e. The van der Waals surface area contributed by atoms with Gasteiger partial charge in [-0.2, -0.15) is 0 Å². The van der Waals surface area contributed by atoms with E-state index in [-0.39, 0.29) is 5.57 Å². The summed E-state index contributed by atoms with van der Waals surface area (Å²) >= 11 is 0. The Bertz CT molecular complexity index is 1020. The summed E-state index contributed by atoms with van der Waals surface area (Å²) in [6, 6.07) is 12.3. The van der Waals surface area contributed by atoms with Crippen molar-refractivity contribution in [3.63, 3.8) is 0 Å². The summed E-state index contributed by atoms with van der Waals surface area (Å²) in [6.07, 6.45) is 1.16. The Hall–Kier alpha value is -3.94. The van der Waals surface area contributed by atoms with Crippen molar-refractivity contribution in [3.8, 4) is 5.75 Å². The van der Waals surface area contributed by atoms with Crippen LogP contribution in [0.5, 0.6) is 5.75 Å². The van der Waals surface area contributed by atoms with Crippen LogP contribution in [0.3, 0.4) is 0 Å². The van der Waals surface area contributed by atoms with Crippen LogP contribution in [0.1, 0.15) is 25.0 Å². The average molecular weight is 408 g/mol. The van der Waals surface area contributed by atoms with E-state index in [0.29, 0.717) is 17.0 Å². The van der Waals surface area contributed by atoms with Crippen molar-refractivity contribution in [2.75, 3.05) is 4.90 Å². The summed E-state index contributed by atoms with van der Waals surface area (Å²) < 4.78 is 5.25. The number of carboxylic acids is 1. The summed E-state index contributed by atoms with van der Waals surface area (Å²) in [7, 11) is 0. The van der Waals surface area contributed by atoms with Crippen LogP contribution >= 0.6 is 0 Å². The molecule has 0 spiro atoms. The number of nitrogens with one attached hydrogen (secondary N) is 1.